The summed E-state index contributed by atoms with van der Waals surface area (Å²) >= 11 is 11.9. The predicted molar refractivity (Wildman–Crippen MR) is 85.1 cm³/mol. The van der Waals surface area contributed by atoms with Crippen molar-refractivity contribution < 1.29 is 14.6 Å². The second-order valence-corrected chi connectivity index (χ2v) is 5.49. The third-order valence-electron chi connectivity index (χ3n) is 3.29. The van der Waals surface area contributed by atoms with Gasteiger partial charge in [-0.05, 0) is 25.0 Å². The molecule has 0 aromatic heterocycles. The molecular weight excluding hydrogens is 313 g/mol. The molecule has 21 heavy (non-hydrogen) atoms. The normalized spacial score (nSPS) is 10.8. The van der Waals surface area contributed by atoms with Crippen molar-refractivity contribution in [3.63, 3.8) is 0 Å². The first-order valence-corrected chi connectivity index (χ1v) is 7.77. The van der Waals surface area contributed by atoms with Crippen molar-refractivity contribution in [2.75, 3.05) is 19.8 Å². The largest absolute Gasteiger partial charge is 0.482 e. The van der Waals surface area contributed by atoms with Crippen molar-refractivity contribution >= 4 is 29.1 Å². The van der Waals surface area contributed by atoms with Gasteiger partial charge in [-0.15, -0.1) is 0 Å². The number of carbonyl (C=O) groups is 1. The van der Waals surface area contributed by atoms with Gasteiger partial charge in [-0.1, -0.05) is 37.0 Å². The van der Waals surface area contributed by atoms with Gasteiger partial charge in [-0.3, -0.25) is 4.79 Å². The summed E-state index contributed by atoms with van der Waals surface area (Å²) in [5, 5.41) is 10.0. The van der Waals surface area contributed by atoms with Crippen LogP contribution in [0.5, 0.6) is 5.75 Å². The van der Waals surface area contributed by atoms with Gasteiger partial charge in [-0.2, -0.15) is 0 Å². The maximum Gasteiger partial charge on any atom is 0.260 e. The molecule has 0 spiro atoms. The van der Waals surface area contributed by atoms with Crippen LogP contribution in [0, 0.1) is 0 Å². The second-order valence-electron chi connectivity index (χ2n) is 4.64. The number of aliphatic hydroxyl groups excluding tert-OH is 1. The average Bonchev–Trinajstić information content (AvgIpc) is 2.48. The number of halogens is 2. The van der Waals surface area contributed by atoms with Crippen LogP contribution in [0.25, 0.3) is 0 Å². The van der Waals surface area contributed by atoms with Gasteiger partial charge in [0.1, 0.15) is 5.75 Å². The van der Waals surface area contributed by atoms with E-state index in [0.717, 1.165) is 12.8 Å². The summed E-state index contributed by atoms with van der Waals surface area (Å²) in [6.45, 7) is 4.13. The molecule has 0 saturated heterocycles. The van der Waals surface area contributed by atoms with Crippen molar-refractivity contribution in [2.24, 2.45) is 0 Å². The number of rotatable bonds is 8. The minimum Gasteiger partial charge on any atom is -0.482 e. The Hall–Kier alpha value is -0.970. The molecule has 118 valence electrons. The zero-order valence-electron chi connectivity index (χ0n) is 12.3. The summed E-state index contributed by atoms with van der Waals surface area (Å²) in [5.74, 6) is 0.208. The van der Waals surface area contributed by atoms with Crippen LogP contribution in [0.4, 0.5) is 0 Å². The number of hydrogen-bond acceptors (Lipinski definition) is 3. The molecule has 0 aliphatic carbocycles. The van der Waals surface area contributed by atoms with Crippen LogP contribution in [-0.2, 0) is 4.79 Å². The Morgan fingerprint density at radius 2 is 2.00 bits per heavy atom. The molecule has 0 radical (unpaired) electrons. The van der Waals surface area contributed by atoms with Crippen LogP contribution in [0.15, 0.2) is 18.2 Å². The minimum absolute atomic E-state index is 0.0693. The van der Waals surface area contributed by atoms with E-state index in [1.54, 1.807) is 23.1 Å². The summed E-state index contributed by atoms with van der Waals surface area (Å²) in [4.78, 5) is 13.9. The van der Waals surface area contributed by atoms with E-state index < -0.39 is 0 Å². The molecule has 0 heterocycles. The fourth-order valence-electron chi connectivity index (χ4n) is 2.16. The molecule has 1 N–H and O–H groups in total. The average molecular weight is 334 g/mol. The van der Waals surface area contributed by atoms with E-state index in [-0.39, 0.29) is 25.2 Å². The lowest BCUT2D eigenvalue weighted by molar-refractivity contribution is -0.136. The summed E-state index contributed by atoms with van der Waals surface area (Å²) in [6, 6.07) is 4.95. The van der Waals surface area contributed by atoms with Crippen molar-refractivity contribution in [3.8, 4) is 5.75 Å². The van der Waals surface area contributed by atoms with E-state index in [9.17, 15) is 4.79 Å². The molecule has 0 bridgehead atoms. The molecule has 4 nitrogen and oxygen atoms in total. The van der Waals surface area contributed by atoms with Crippen molar-refractivity contribution in [1.82, 2.24) is 4.90 Å². The smallest absolute Gasteiger partial charge is 0.260 e. The number of hydrogen-bond donors (Lipinski definition) is 1. The highest BCUT2D eigenvalue weighted by Gasteiger charge is 2.21. The molecule has 1 rings (SSSR count). The first-order valence-electron chi connectivity index (χ1n) is 7.01. The third kappa shape index (κ3) is 5.38. The summed E-state index contributed by atoms with van der Waals surface area (Å²) < 4.78 is 5.46. The van der Waals surface area contributed by atoms with E-state index in [1.807, 2.05) is 13.8 Å². The zero-order chi connectivity index (χ0) is 15.8. The van der Waals surface area contributed by atoms with Crippen LogP contribution in [0.2, 0.25) is 10.0 Å². The highest BCUT2D eigenvalue weighted by Crippen LogP contribution is 2.27. The molecule has 0 atom stereocenters. The molecule has 6 heteroatoms. The number of ether oxygens (including phenoxy) is 1. The van der Waals surface area contributed by atoms with Gasteiger partial charge >= 0.3 is 0 Å². The Morgan fingerprint density at radius 1 is 1.33 bits per heavy atom. The van der Waals surface area contributed by atoms with Crippen molar-refractivity contribution in [1.29, 1.82) is 0 Å². The Balaban J connectivity index is 2.71. The standard InChI is InChI=1S/C15H21Cl2NO3/c1-3-12(4-2)18(7-8-19)15(20)10-21-14-9-11(16)5-6-13(14)17/h5-6,9,12,19H,3-4,7-8,10H2,1-2H3. The SMILES string of the molecule is CCC(CC)N(CCO)C(=O)COc1cc(Cl)ccc1Cl. The van der Waals surface area contributed by atoms with Crippen LogP contribution >= 0.6 is 23.2 Å². The van der Waals surface area contributed by atoms with Crippen LogP contribution < -0.4 is 4.74 Å². The first kappa shape index (κ1) is 18.1. The van der Waals surface area contributed by atoms with Gasteiger partial charge in [0.05, 0.1) is 11.6 Å². The van der Waals surface area contributed by atoms with Gasteiger partial charge < -0.3 is 14.7 Å². The maximum absolute atomic E-state index is 12.3. The Labute approximate surface area is 135 Å². The third-order valence-corrected chi connectivity index (χ3v) is 3.84. The van der Waals surface area contributed by atoms with Gasteiger partial charge in [0.25, 0.3) is 5.91 Å². The highest BCUT2D eigenvalue weighted by molar-refractivity contribution is 6.34. The number of carbonyl (C=O) groups excluding carboxylic acids is 1. The van der Waals surface area contributed by atoms with E-state index in [2.05, 4.69) is 0 Å². The number of nitrogens with zero attached hydrogens (tertiary/aromatic N) is 1. The van der Waals surface area contributed by atoms with Crippen LogP contribution in [0.3, 0.4) is 0 Å². The molecule has 0 aliphatic rings. The fourth-order valence-corrected chi connectivity index (χ4v) is 2.49. The lowest BCUT2D eigenvalue weighted by Crippen LogP contribution is -2.44. The van der Waals surface area contributed by atoms with E-state index in [4.69, 9.17) is 33.0 Å². The molecular formula is C15H21Cl2NO3. The molecule has 0 aliphatic heterocycles. The van der Waals surface area contributed by atoms with Crippen LogP contribution in [0.1, 0.15) is 26.7 Å². The lowest BCUT2D eigenvalue weighted by Gasteiger charge is -2.30. The van der Waals surface area contributed by atoms with Crippen LogP contribution in [-0.4, -0.2) is 41.7 Å². The molecule has 1 aromatic carbocycles. The second kappa shape index (κ2) is 9.13. The Bertz CT molecular complexity index is 464. The number of aliphatic hydroxyl groups is 1. The minimum atomic E-state index is -0.172. The molecule has 1 aromatic rings. The van der Waals surface area contributed by atoms with Gasteiger partial charge in [0.2, 0.25) is 0 Å². The van der Waals surface area contributed by atoms with E-state index >= 15 is 0 Å². The number of benzene rings is 1. The summed E-state index contributed by atoms with van der Waals surface area (Å²) in [6.07, 6.45) is 1.67. The van der Waals surface area contributed by atoms with E-state index in [1.165, 1.54) is 0 Å². The molecule has 0 fully saturated rings. The fraction of sp³-hybridized carbons (Fsp3) is 0.533. The monoisotopic (exact) mass is 333 g/mol. The van der Waals surface area contributed by atoms with E-state index in [0.29, 0.717) is 22.3 Å². The highest BCUT2D eigenvalue weighted by atomic mass is 35.5. The van der Waals surface area contributed by atoms with Gasteiger partial charge in [-0.25, -0.2) is 0 Å². The van der Waals surface area contributed by atoms with Gasteiger partial charge in [0.15, 0.2) is 6.61 Å². The zero-order valence-corrected chi connectivity index (χ0v) is 13.8. The predicted octanol–water partition coefficient (Wildman–Crippen LogP) is 3.38. The summed E-state index contributed by atoms with van der Waals surface area (Å²) in [7, 11) is 0. The number of amides is 1. The Morgan fingerprint density at radius 3 is 2.57 bits per heavy atom. The topological polar surface area (TPSA) is 49.8 Å². The van der Waals surface area contributed by atoms with Crippen molar-refractivity contribution in [2.45, 2.75) is 32.7 Å². The molecule has 1 amide bonds. The van der Waals surface area contributed by atoms with Crippen molar-refractivity contribution in [3.05, 3.63) is 28.2 Å². The summed E-state index contributed by atoms with van der Waals surface area (Å²) in [5.41, 5.74) is 0. The first-order chi connectivity index (χ1) is 10.0. The lowest BCUT2D eigenvalue weighted by atomic mass is 10.1. The molecule has 0 unspecified atom stereocenters. The quantitative estimate of drug-likeness (QED) is 0.793. The maximum atomic E-state index is 12.3. The van der Waals surface area contributed by atoms with Gasteiger partial charge in [0, 0.05) is 23.7 Å². The Kier molecular flexibility index (Phi) is 7.86. The molecule has 0 saturated carbocycles.